The molecule has 1 N–H and O–H groups in total. The molecule has 0 saturated carbocycles. The number of pyridine rings is 1. The van der Waals surface area contributed by atoms with Gasteiger partial charge in [-0.3, -0.25) is 9.36 Å². The highest BCUT2D eigenvalue weighted by atomic mass is 79.9. The summed E-state index contributed by atoms with van der Waals surface area (Å²) >= 11 is 3.29. The molecule has 0 radical (unpaired) electrons. The molecule has 28 heavy (non-hydrogen) atoms. The second-order valence-electron chi connectivity index (χ2n) is 7.92. The predicted octanol–water partition coefficient (Wildman–Crippen LogP) is 3.39. The zero-order valence-corrected chi connectivity index (χ0v) is 18.2. The van der Waals surface area contributed by atoms with Crippen LogP contribution in [0.2, 0.25) is 0 Å². The number of nitrogens with zero attached hydrogens (tertiary/aromatic N) is 4. The van der Waals surface area contributed by atoms with Gasteiger partial charge in [0.05, 0.1) is 4.47 Å². The lowest BCUT2D eigenvalue weighted by atomic mass is 10.1. The van der Waals surface area contributed by atoms with Gasteiger partial charge in [0, 0.05) is 37.3 Å². The van der Waals surface area contributed by atoms with Crippen LogP contribution in [0, 0.1) is 0 Å². The number of aryl methyl sites for hydroxylation is 1. The largest absolute Gasteiger partial charge is 0.444 e. The molecule has 1 amide bonds. The minimum atomic E-state index is -0.517. The van der Waals surface area contributed by atoms with Crippen molar-refractivity contribution in [1.29, 1.82) is 0 Å². The Balaban J connectivity index is 1.78. The van der Waals surface area contributed by atoms with Gasteiger partial charge in [0.2, 0.25) is 5.95 Å². The molecule has 2 aromatic rings. The average Bonchev–Trinajstić information content (AvgIpc) is 2.62. The molecular formula is C19H26BrN5O3. The van der Waals surface area contributed by atoms with Crippen molar-refractivity contribution in [3.63, 3.8) is 0 Å². The van der Waals surface area contributed by atoms with Crippen LogP contribution in [0.25, 0.3) is 11.0 Å². The monoisotopic (exact) mass is 451 g/mol. The summed E-state index contributed by atoms with van der Waals surface area (Å²) in [5, 5.41) is 4.10. The fourth-order valence-electron chi connectivity index (χ4n) is 3.26. The van der Waals surface area contributed by atoms with Crippen molar-refractivity contribution in [1.82, 2.24) is 19.4 Å². The minimum Gasteiger partial charge on any atom is -0.444 e. The van der Waals surface area contributed by atoms with E-state index in [4.69, 9.17) is 4.74 Å². The van der Waals surface area contributed by atoms with Crippen molar-refractivity contribution in [3.05, 3.63) is 27.1 Å². The first-order chi connectivity index (χ1) is 13.2. The number of halogens is 1. The van der Waals surface area contributed by atoms with Crippen LogP contribution in [0.4, 0.5) is 10.7 Å². The Morgan fingerprint density at radius 3 is 2.86 bits per heavy atom. The lowest BCUT2D eigenvalue weighted by Crippen LogP contribution is -2.47. The Bertz CT molecular complexity index is 938. The number of likely N-dealkylation sites (tertiary alicyclic amines) is 1. The summed E-state index contributed by atoms with van der Waals surface area (Å²) in [7, 11) is 0. The van der Waals surface area contributed by atoms with E-state index in [1.54, 1.807) is 21.7 Å². The lowest BCUT2D eigenvalue weighted by Gasteiger charge is -2.34. The van der Waals surface area contributed by atoms with E-state index in [1.165, 1.54) is 0 Å². The second-order valence-corrected chi connectivity index (χ2v) is 8.78. The highest BCUT2D eigenvalue weighted by Crippen LogP contribution is 2.19. The maximum atomic E-state index is 12.3. The molecule has 3 heterocycles. The topological polar surface area (TPSA) is 89.4 Å². The summed E-state index contributed by atoms with van der Waals surface area (Å²) in [6, 6.07) is 1.76. The smallest absolute Gasteiger partial charge is 0.410 e. The van der Waals surface area contributed by atoms with Gasteiger partial charge in [-0.15, -0.1) is 0 Å². The quantitative estimate of drug-likeness (QED) is 0.768. The summed E-state index contributed by atoms with van der Waals surface area (Å²) in [4.78, 5) is 35.3. The Hall–Kier alpha value is -2.16. The second kappa shape index (κ2) is 8.06. The molecule has 1 saturated heterocycles. The van der Waals surface area contributed by atoms with Gasteiger partial charge in [-0.25, -0.2) is 9.78 Å². The lowest BCUT2D eigenvalue weighted by molar-refractivity contribution is 0.0206. The molecule has 1 unspecified atom stereocenters. The summed E-state index contributed by atoms with van der Waals surface area (Å²) in [6.07, 6.45) is 3.18. The molecule has 2 aromatic heterocycles. The van der Waals surface area contributed by atoms with Crippen LogP contribution in [0.15, 0.2) is 21.5 Å². The van der Waals surface area contributed by atoms with E-state index in [-0.39, 0.29) is 17.7 Å². The van der Waals surface area contributed by atoms with Gasteiger partial charge in [0.25, 0.3) is 5.56 Å². The van der Waals surface area contributed by atoms with Crippen LogP contribution >= 0.6 is 15.9 Å². The number of carbonyl (C=O) groups is 1. The SMILES string of the molecule is CCn1c(=O)c(Br)cc2cnc(NC3CCCN(C(=O)OC(C)(C)C)C3)nc21. The molecule has 0 aliphatic carbocycles. The number of ether oxygens (including phenoxy) is 1. The fraction of sp³-hybridized carbons (Fsp3) is 0.579. The first-order valence-electron chi connectivity index (χ1n) is 9.48. The molecule has 1 aliphatic rings. The van der Waals surface area contributed by atoms with Crippen molar-refractivity contribution >= 4 is 39.0 Å². The van der Waals surface area contributed by atoms with Crippen LogP contribution in [-0.2, 0) is 11.3 Å². The summed E-state index contributed by atoms with van der Waals surface area (Å²) in [5.41, 5.74) is -0.0433. The van der Waals surface area contributed by atoms with E-state index in [1.807, 2.05) is 27.7 Å². The van der Waals surface area contributed by atoms with Crippen LogP contribution in [0.5, 0.6) is 0 Å². The molecular weight excluding hydrogens is 426 g/mol. The third-order valence-electron chi connectivity index (χ3n) is 4.51. The Labute approximate surface area is 172 Å². The van der Waals surface area contributed by atoms with Gasteiger partial charge < -0.3 is 15.0 Å². The van der Waals surface area contributed by atoms with E-state index in [2.05, 4.69) is 31.2 Å². The van der Waals surface area contributed by atoms with E-state index >= 15 is 0 Å². The fourth-order valence-corrected chi connectivity index (χ4v) is 3.72. The number of carbonyl (C=O) groups excluding carboxylic acids is 1. The van der Waals surface area contributed by atoms with Crippen LogP contribution in [0.1, 0.15) is 40.5 Å². The number of rotatable bonds is 3. The van der Waals surface area contributed by atoms with Crippen LogP contribution in [-0.4, -0.2) is 50.3 Å². The number of aromatic nitrogens is 3. The molecule has 3 rings (SSSR count). The van der Waals surface area contributed by atoms with Gasteiger partial charge in [-0.1, -0.05) is 0 Å². The third kappa shape index (κ3) is 4.63. The Kier molecular flexibility index (Phi) is 5.92. The molecule has 1 fully saturated rings. The minimum absolute atomic E-state index is 0.0240. The number of fused-ring (bicyclic) bond motifs is 1. The summed E-state index contributed by atoms with van der Waals surface area (Å²) < 4.78 is 7.58. The maximum absolute atomic E-state index is 12.3. The number of hydrogen-bond acceptors (Lipinski definition) is 6. The average molecular weight is 452 g/mol. The van der Waals surface area contributed by atoms with E-state index in [0.717, 1.165) is 18.2 Å². The first-order valence-corrected chi connectivity index (χ1v) is 10.3. The first kappa shape index (κ1) is 20.6. The van der Waals surface area contributed by atoms with Crippen molar-refractivity contribution in [3.8, 4) is 0 Å². The van der Waals surface area contributed by atoms with E-state index in [9.17, 15) is 9.59 Å². The predicted molar refractivity (Wildman–Crippen MR) is 112 cm³/mol. The zero-order valence-electron chi connectivity index (χ0n) is 16.7. The third-order valence-corrected chi connectivity index (χ3v) is 5.07. The number of amides is 1. The molecule has 1 aliphatic heterocycles. The van der Waals surface area contributed by atoms with Crippen molar-refractivity contribution in [2.45, 2.75) is 58.7 Å². The van der Waals surface area contributed by atoms with Gasteiger partial charge in [0.1, 0.15) is 11.2 Å². The molecule has 0 bridgehead atoms. The molecule has 1 atom stereocenters. The van der Waals surface area contributed by atoms with Gasteiger partial charge >= 0.3 is 6.09 Å². The standard InChI is InChI=1S/C19H26BrN5O3/c1-5-25-15-12(9-14(20)16(25)26)10-21-17(23-15)22-13-7-6-8-24(11-13)18(27)28-19(2,3)4/h9-10,13H,5-8,11H2,1-4H3,(H,21,22,23). The zero-order chi connectivity index (χ0) is 20.5. The Morgan fingerprint density at radius 2 is 2.18 bits per heavy atom. The number of anilines is 1. The highest BCUT2D eigenvalue weighted by molar-refractivity contribution is 9.10. The molecule has 0 aromatic carbocycles. The number of piperidine rings is 1. The molecule has 0 spiro atoms. The van der Waals surface area contributed by atoms with Crippen molar-refractivity contribution in [2.24, 2.45) is 0 Å². The van der Waals surface area contributed by atoms with Crippen molar-refractivity contribution in [2.75, 3.05) is 18.4 Å². The van der Waals surface area contributed by atoms with Gasteiger partial charge in [0.15, 0.2) is 0 Å². The van der Waals surface area contributed by atoms with Gasteiger partial charge in [-0.2, -0.15) is 4.98 Å². The molecule has 152 valence electrons. The van der Waals surface area contributed by atoms with E-state index in [0.29, 0.717) is 35.7 Å². The Morgan fingerprint density at radius 1 is 1.43 bits per heavy atom. The maximum Gasteiger partial charge on any atom is 0.410 e. The van der Waals surface area contributed by atoms with Crippen molar-refractivity contribution < 1.29 is 9.53 Å². The summed E-state index contributed by atoms with van der Waals surface area (Å²) in [6.45, 7) is 9.20. The normalized spacial score (nSPS) is 17.6. The van der Waals surface area contributed by atoms with Gasteiger partial charge in [-0.05, 0) is 62.5 Å². The van der Waals surface area contributed by atoms with E-state index < -0.39 is 5.60 Å². The number of hydrogen-bond donors (Lipinski definition) is 1. The highest BCUT2D eigenvalue weighted by Gasteiger charge is 2.28. The molecule has 9 heteroatoms. The summed E-state index contributed by atoms with van der Waals surface area (Å²) in [5.74, 6) is 0.451. The van der Waals surface area contributed by atoms with Crippen LogP contribution < -0.4 is 10.9 Å². The number of nitrogens with one attached hydrogen (secondary N) is 1. The molecule has 8 nitrogen and oxygen atoms in total. The van der Waals surface area contributed by atoms with Crippen LogP contribution in [0.3, 0.4) is 0 Å².